The lowest BCUT2D eigenvalue weighted by molar-refractivity contribution is 0.262. The molecular weight excluding hydrogens is 382 g/mol. The van der Waals surface area contributed by atoms with Crippen molar-refractivity contribution in [2.24, 2.45) is 0 Å². The average molecular weight is 401 g/mol. The van der Waals surface area contributed by atoms with Gasteiger partial charge in [-0.25, -0.2) is 4.79 Å². The minimum absolute atomic E-state index is 0.364. The molecule has 0 spiro atoms. The summed E-state index contributed by atoms with van der Waals surface area (Å²) in [5, 5.41) is 9.67. The number of para-hydroxylation sites is 1. The Kier molecular flexibility index (Phi) is 5.66. The molecule has 0 saturated heterocycles. The predicted molar refractivity (Wildman–Crippen MR) is 112 cm³/mol. The molecule has 0 aliphatic rings. The number of aromatic nitrogens is 3. The number of pyridine rings is 1. The zero-order chi connectivity index (χ0) is 20.8. The number of carbonyl (C=O) groups excluding carboxylic acids is 1. The third-order valence-electron chi connectivity index (χ3n) is 4.32. The molecule has 0 atom stereocenters. The second-order valence-corrected chi connectivity index (χ2v) is 6.40. The van der Waals surface area contributed by atoms with Gasteiger partial charge in [0.1, 0.15) is 5.75 Å². The molecule has 2 amide bonds. The van der Waals surface area contributed by atoms with Crippen molar-refractivity contribution in [3.8, 4) is 17.1 Å². The maximum absolute atomic E-state index is 12.5. The zero-order valence-corrected chi connectivity index (χ0v) is 16.2. The predicted octanol–water partition coefficient (Wildman–Crippen LogP) is 4.38. The lowest BCUT2D eigenvalue weighted by Gasteiger charge is -2.11. The first kappa shape index (κ1) is 19.1. The third kappa shape index (κ3) is 4.61. The molecule has 0 unspecified atom stereocenters. The van der Waals surface area contributed by atoms with E-state index in [0.29, 0.717) is 35.3 Å². The summed E-state index contributed by atoms with van der Waals surface area (Å²) in [5.41, 5.74) is 2.90. The number of anilines is 2. The van der Waals surface area contributed by atoms with E-state index in [1.165, 1.54) is 0 Å². The van der Waals surface area contributed by atoms with E-state index in [9.17, 15) is 4.79 Å². The molecule has 8 nitrogen and oxygen atoms in total. The van der Waals surface area contributed by atoms with Gasteiger partial charge in [0, 0.05) is 35.4 Å². The van der Waals surface area contributed by atoms with E-state index in [1.807, 2.05) is 42.5 Å². The fourth-order valence-electron chi connectivity index (χ4n) is 2.88. The van der Waals surface area contributed by atoms with Crippen LogP contribution in [0, 0.1) is 0 Å². The highest BCUT2D eigenvalue weighted by molar-refractivity contribution is 6.00. The summed E-state index contributed by atoms with van der Waals surface area (Å²) in [6.45, 7) is 0. The fraction of sp³-hybridized carbons (Fsp3) is 0.0909. The second-order valence-electron chi connectivity index (χ2n) is 6.40. The fourth-order valence-corrected chi connectivity index (χ4v) is 2.88. The molecular formula is C22H19N5O3. The van der Waals surface area contributed by atoms with Crippen LogP contribution in [0.3, 0.4) is 0 Å². The number of hydrogen-bond donors (Lipinski definition) is 2. The molecule has 8 heteroatoms. The van der Waals surface area contributed by atoms with Gasteiger partial charge in [0.05, 0.1) is 13.5 Å². The van der Waals surface area contributed by atoms with E-state index in [2.05, 4.69) is 25.8 Å². The van der Waals surface area contributed by atoms with Gasteiger partial charge in [0.2, 0.25) is 11.7 Å². The van der Waals surface area contributed by atoms with Crippen LogP contribution >= 0.6 is 0 Å². The SMILES string of the molecule is COc1cccc(NC(=O)Nc2ccccc2Cc2nc(-c3cccnc3)no2)c1. The monoisotopic (exact) mass is 401 g/mol. The lowest BCUT2D eigenvalue weighted by atomic mass is 10.1. The highest BCUT2D eigenvalue weighted by Gasteiger charge is 2.13. The van der Waals surface area contributed by atoms with Gasteiger partial charge in [0.25, 0.3) is 0 Å². The summed E-state index contributed by atoms with van der Waals surface area (Å²) in [5.74, 6) is 1.57. The number of rotatable bonds is 6. The summed E-state index contributed by atoms with van der Waals surface area (Å²) in [4.78, 5) is 20.9. The number of ether oxygens (including phenoxy) is 1. The second kappa shape index (κ2) is 8.87. The van der Waals surface area contributed by atoms with Gasteiger partial charge in [-0.3, -0.25) is 4.98 Å². The molecule has 0 fully saturated rings. The summed E-state index contributed by atoms with van der Waals surface area (Å²) >= 11 is 0. The number of nitrogens with one attached hydrogen (secondary N) is 2. The largest absolute Gasteiger partial charge is 0.497 e. The summed E-state index contributed by atoms with van der Waals surface area (Å²) in [7, 11) is 1.58. The number of nitrogens with zero attached hydrogens (tertiary/aromatic N) is 3. The van der Waals surface area contributed by atoms with Crippen molar-refractivity contribution in [3.63, 3.8) is 0 Å². The third-order valence-corrected chi connectivity index (χ3v) is 4.32. The summed E-state index contributed by atoms with van der Waals surface area (Å²) in [6.07, 6.45) is 3.74. The minimum atomic E-state index is -0.364. The quantitative estimate of drug-likeness (QED) is 0.497. The molecule has 2 heterocycles. The molecule has 0 radical (unpaired) electrons. The van der Waals surface area contributed by atoms with E-state index in [4.69, 9.17) is 9.26 Å². The van der Waals surface area contributed by atoms with E-state index in [0.717, 1.165) is 11.1 Å². The van der Waals surface area contributed by atoms with Gasteiger partial charge < -0.3 is 19.9 Å². The Morgan fingerprint density at radius 2 is 1.97 bits per heavy atom. The Bertz CT molecular complexity index is 1140. The number of urea groups is 1. The smallest absolute Gasteiger partial charge is 0.323 e. The summed E-state index contributed by atoms with van der Waals surface area (Å²) < 4.78 is 10.5. The first-order valence-corrected chi connectivity index (χ1v) is 9.24. The molecule has 0 aliphatic heterocycles. The Morgan fingerprint density at radius 3 is 2.80 bits per heavy atom. The van der Waals surface area contributed by atoms with Gasteiger partial charge in [0.15, 0.2) is 0 Å². The van der Waals surface area contributed by atoms with Crippen molar-refractivity contribution in [1.82, 2.24) is 15.1 Å². The van der Waals surface area contributed by atoms with Crippen LogP contribution in [0.2, 0.25) is 0 Å². The Labute approximate surface area is 172 Å². The number of amides is 2. The van der Waals surface area contributed by atoms with Crippen LogP contribution in [0.25, 0.3) is 11.4 Å². The van der Waals surface area contributed by atoms with Crippen LogP contribution in [0.4, 0.5) is 16.2 Å². The van der Waals surface area contributed by atoms with Crippen LogP contribution in [0.15, 0.2) is 77.6 Å². The highest BCUT2D eigenvalue weighted by atomic mass is 16.5. The van der Waals surface area contributed by atoms with Gasteiger partial charge in [-0.15, -0.1) is 0 Å². The zero-order valence-electron chi connectivity index (χ0n) is 16.2. The molecule has 4 aromatic rings. The first-order valence-electron chi connectivity index (χ1n) is 9.24. The Balaban J connectivity index is 1.46. The molecule has 2 aromatic carbocycles. The molecule has 2 N–H and O–H groups in total. The van der Waals surface area contributed by atoms with Crippen molar-refractivity contribution >= 4 is 17.4 Å². The van der Waals surface area contributed by atoms with Crippen molar-refractivity contribution in [3.05, 3.63) is 84.5 Å². The average Bonchev–Trinajstić information content (AvgIpc) is 3.24. The molecule has 4 rings (SSSR count). The minimum Gasteiger partial charge on any atom is -0.497 e. The number of benzene rings is 2. The maximum atomic E-state index is 12.5. The number of carbonyl (C=O) groups is 1. The normalized spacial score (nSPS) is 10.4. The standard InChI is InChI=1S/C22H19N5O3/c1-29-18-9-4-8-17(13-18)24-22(28)25-19-10-3-2-6-15(19)12-20-26-21(27-30-20)16-7-5-11-23-14-16/h2-11,13-14H,12H2,1H3,(H2,24,25,28). The topological polar surface area (TPSA) is 102 Å². The van der Waals surface area contributed by atoms with E-state index in [1.54, 1.807) is 37.7 Å². The lowest BCUT2D eigenvalue weighted by Crippen LogP contribution is -2.20. The highest BCUT2D eigenvalue weighted by Crippen LogP contribution is 2.22. The van der Waals surface area contributed by atoms with E-state index >= 15 is 0 Å². The van der Waals surface area contributed by atoms with Crippen LogP contribution < -0.4 is 15.4 Å². The van der Waals surface area contributed by atoms with Crippen molar-refractivity contribution in [1.29, 1.82) is 0 Å². The van der Waals surface area contributed by atoms with Crippen molar-refractivity contribution in [2.75, 3.05) is 17.7 Å². The maximum Gasteiger partial charge on any atom is 0.323 e. The van der Waals surface area contributed by atoms with Crippen molar-refractivity contribution in [2.45, 2.75) is 6.42 Å². The Hall–Kier alpha value is -4.20. The van der Waals surface area contributed by atoms with Gasteiger partial charge in [-0.2, -0.15) is 4.98 Å². The first-order chi connectivity index (χ1) is 14.7. The molecule has 0 bridgehead atoms. The summed E-state index contributed by atoms with van der Waals surface area (Å²) in [6, 6.07) is 17.9. The van der Waals surface area contributed by atoms with E-state index in [-0.39, 0.29) is 6.03 Å². The van der Waals surface area contributed by atoms with Crippen molar-refractivity contribution < 1.29 is 14.1 Å². The number of hydrogen-bond acceptors (Lipinski definition) is 6. The molecule has 30 heavy (non-hydrogen) atoms. The Morgan fingerprint density at radius 1 is 1.07 bits per heavy atom. The number of methoxy groups -OCH3 is 1. The van der Waals surface area contributed by atoms with Gasteiger partial charge >= 0.3 is 6.03 Å². The van der Waals surface area contributed by atoms with Crippen LogP contribution in [0.5, 0.6) is 5.75 Å². The van der Waals surface area contributed by atoms with Crippen LogP contribution in [-0.4, -0.2) is 28.3 Å². The molecule has 0 saturated carbocycles. The van der Waals surface area contributed by atoms with Gasteiger partial charge in [-0.1, -0.05) is 29.4 Å². The molecule has 0 aliphatic carbocycles. The molecule has 150 valence electrons. The van der Waals surface area contributed by atoms with Crippen LogP contribution in [0.1, 0.15) is 11.5 Å². The van der Waals surface area contributed by atoms with Gasteiger partial charge in [-0.05, 0) is 35.9 Å². The molecule has 2 aromatic heterocycles. The van der Waals surface area contributed by atoms with Crippen LogP contribution in [-0.2, 0) is 6.42 Å². The van der Waals surface area contributed by atoms with E-state index < -0.39 is 0 Å².